The molecule has 4 nitrogen and oxygen atoms in total. The average molecular weight is 338 g/mol. The third kappa shape index (κ3) is 4.11. The zero-order chi connectivity index (χ0) is 15.5. The summed E-state index contributed by atoms with van der Waals surface area (Å²) >= 11 is 5.94. The fraction of sp³-hybridized carbons (Fsp3) is 0.462. The number of nitrogens with one attached hydrogen (secondary N) is 1. The maximum Gasteiger partial charge on any atom is 0.262 e. The average Bonchev–Trinajstić information content (AvgIpc) is 2.35. The second kappa shape index (κ2) is 6.78. The van der Waals surface area contributed by atoms with Crippen LogP contribution in [-0.2, 0) is 9.05 Å². The minimum atomic E-state index is -4.04. The van der Waals surface area contributed by atoms with Gasteiger partial charge in [0.1, 0.15) is 0 Å². The Labute approximate surface area is 128 Å². The van der Waals surface area contributed by atoms with E-state index in [0.29, 0.717) is 0 Å². The predicted molar refractivity (Wildman–Crippen MR) is 80.9 cm³/mol. The quantitative estimate of drug-likeness (QED) is 0.837. The second-order valence-corrected chi connectivity index (χ2v) is 7.64. The Morgan fingerprint density at radius 1 is 1.35 bits per heavy atom. The summed E-state index contributed by atoms with van der Waals surface area (Å²) in [4.78, 5) is 12.0. The van der Waals surface area contributed by atoms with Crippen molar-refractivity contribution < 1.29 is 13.2 Å². The highest BCUT2D eigenvalue weighted by molar-refractivity contribution is 8.13. The molecule has 20 heavy (non-hydrogen) atoms. The molecule has 0 heterocycles. The maximum atomic E-state index is 12.2. The first-order valence-electron chi connectivity index (χ1n) is 6.22. The Bertz CT molecular complexity index is 602. The van der Waals surface area contributed by atoms with Crippen molar-refractivity contribution in [3.8, 4) is 0 Å². The van der Waals surface area contributed by atoms with Crippen molar-refractivity contribution in [3.63, 3.8) is 0 Å². The summed E-state index contributed by atoms with van der Waals surface area (Å²) in [5.74, 6) is -0.278. The van der Waals surface area contributed by atoms with Crippen LogP contribution < -0.4 is 5.32 Å². The van der Waals surface area contributed by atoms with Gasteiger partial charge in [0, 0.05) is 16.7 Å². The van der Waals surface area contributed by atoms with Crippen molar-refractivity contribution >= 4 is 37.2 Å². The van der Waals surface area contributed by atoms with Crippen LogP contribution in [-0.4, -0.2) is 20.4 Å². The van der Waals surface area contributed by atoms with Gasteiger partial charge in [0.25, 0.3) is 15.0 Å². The van der Waals surface area contributed by atoms with Crippen LogP contribution in [0.5, 0.6) is 0 Å². The molecule has 0 aromatic heterocycles. The number of hydrogen-bond acceptors (Lipinski definition) is 3. The van der Waals surface area contributed by atoms with E-state index in [1.807, 2.05) is 20.8 Å². The van der Waals surface area contributed by atoms with Gasteiger partial charge in [-0.25, -0.2) is 8.42 Å². The first-order valence-corrected chi connectivity index (χ1v) is 8.91. The van der Waals surface area contributed by atoms with E-state index in [9.17, 15) is 13.2 Å². The standard InChI is InChI=1S/C13H17Cl2NO3S/c1-4-8(2)9(3)16-13(17)12-10(14)6-5-7-11(12)20(15,18)19/h5-9H,4H2,1-3H3,(H,16,17). The van der Waals surface area contributed by atoms with Gasteiger partial charge in [0.15, 0.2) is 0 Å². The van der Waals surface area contributed by atoms with Gasteiger partial charge in [-0.2, -0.15) is 0 Å². The van der Waals surface area contributed by atoms with E-state index >= 15 is 0 Å². The van der Waals surface area contributed by atoms with Crippen LogP contribution in [0, 0.1) is 5.92 Å². The predicted octanol–water partition coefficient (Wildman–Crippen LogP) is 3.43. The molecule has 2 atom stereocenters. The molecule has 1 N–H and O–H groups in total. The summed E-state index contributed by atoms with van der Waals surface area (Å²) in [7, 11) is 1.30. The Balaban J connectivity index is 3.17. The van der Waals surface area contributed by atoms with Gasteiger partial charge in [-0.05, 0) is 25.0 Å². The fourth-order valence-corrected chi connectivity index (χ4v) is 3.09. The Morgan fingerprint density at radius 3 is 2.45 bits per heavy atom. The number of carbonyl (C=O) groups is 1. The molecule has 0 fully saturated rings. The third-order valence-corrected chi connectivity index (χ3v) is 5.00. The van der Waals surface area contributed by atoms with Crippen molar-refractivity contribution in [3.05, 3.63) is 28.8 Å². The largest absolute Gasteiger partial charge is 0.349 e. The molecule has 1 aromatic rings. The van der Waals surface area contributed by atoms with E-state index in [-0.39, 0.29) is 27.4 Å². The molecule has 1 rings (SSSR count). The summed E-state index contributed by atoms with van der Waals surface area (Å²) < 4.78 is 23.0. The summed E-state index contributed by atoms with van der Waals surface area (Å²) in [5, 5.41) is 2.81. The lowest BCUT2D eigenvalue weighted by Crippen LogP contribution is -2.37. The topological polar surface area (TPSA) is 63.2 Å². The Morgan fingerprint density at radius 2 is 1.95 bits per heavy atom. The van der Waals surface area contributed by atoms with Gasteiger partial charge in [-0.3, -0.25) is 4.79 Å². The molecule has 0 aliphatic carbocycles. The molecule has 0 saturated carbocycles. The Kier molecular flexibility index (Phi) is 5.86. The molecular formula is C13H17Cl2NO3S. The van der Waals surface area contributed by atoms with Crippen LogP contribution >= 0.6 is 22.3 Å². The summed E-state index contributed by atoms with van der Waals surface area (Å²) in [5.41, 5.74) is -0.112. The number of hydrogen-bond donors (Lipinski definition) is 1. The normalized spacial score (nSPS) is 14.7. The van der Waals surface area contributed by atoms with Crippen molar-refractivity contribution in [2.75, 3.05) is 0 Å². The smallest absolute Gasteiger partial charge is 0.262 e. The lowest BCUT2D eigenvalue weighted by Gasteiger charge is -2.20. The van der Waals surface area contributed by atoms with Crippen molar-refractivity contribution in [2.45, 2.75) is 38.1 Å². The van der Waals surface area contributed by atoms with Gasteiger partial charge in [0.05, 0.1) is 15.5 Å². The molecule has 0 bridgehead atoms. The van der Waals surface area contributed by atoms with E-state index in [1.165, 1.54) is 18.2 Å². The highest BCUT2D eigenvalue weighted by Crippen LogP contribution is 2.26. The van der Waals surface area contributed by atoms with Crippen molar-refractivity contribution in [2.24, 2.45) is 5.92 Å². The molecule has 0 spiro atoms. The van der Waals surface area contributed by atoms with E-state index in [1.54, 1.807) is 0 Å². The van der Waals surface area contributed by atoms with Crippen LogP contribution in [0.2, 0.25) is 5.02 Å². The summed E-state index contributed by atoms with van der Waals surface area (Å²) in [6.45, 7) is 5.87. The monoisotopic (exact) mass is 337 g/mol. The third-order valence-electron chi connectivity index (χ3n) is 3.32. The number of benzene rings is 1. The molecule has 1 amide bonds. The van der Waals surface area contributed by atoms with E-state index in [4.69, 9.17) is 22.3 Å². The molecule has 0 radical (unpaired) electrons. The van der Waals surface area contributed by atoms with Crippen LogP contribution in [0.1, 0.15) is 37.6 Å². The molecule has 0 aliphatic rings. The van der Waals surface area contributed by atoms with Gasteiger partial charge < -0.3 is 5.32 Å². The lowest BCUT2D eigenvalue weighted by molar-refractivity contribution is 0.0925. The van der Waals surface area contributed by atoms with Crippen molar-refractivity contribution in [1.29, 1.82) is 0 Å². The van der Waals surface area contributed by atoms with E-state index in [0.717, 1.165) is 6.42 Å². The molecule has 0 saturated heterocycles. The van der Waals surface area contributed by atoms with Crippen molar-refractivity contribution in [1.82, 2.24) is 5.32 Å². The summed E-state index contributed by atoms with van der Waals surface area (Å²) in [6.07, 6.45) is 0.893. The summed E-state index contributed by atoms with van der Waals surface area (Å²) in [6, 6.07) is 4.05. The SMILES string of the molecule is CCC(C)C(C)NC(=O)c1c(Cl)cccc1S(=O)(=O)Cl. The number of halogens is 2. The van der Waals surface area contributed by atoms with Gasteiger partial charge >= 0.3 is 0 Å². The fourth-order valence-electron chi connectivity index (χ4n) is 1.70. The molecular weight excluding hydrogens is 321 g/mol. The van der Waals surface area contributed by atoms with Crippen LogP contribution in [0.3, 0.4) is 0 Å². The van der Waals surface area contributed by atoms with Crippen LogP contribution in [0.4, 0.5) is 0 Å². The first-order chi connectivity index (χ1) is 9.18. The van der Waals surface area contributed by atoms with Crippen LogP contribution in [0.15, 0.2) is 23.1 Å². The Hall–Kier alpha value is -0.780. The van der Waals surface area contributed by atoms with Gasteiger partial charge in [-0.1, -0.05) is 37.9 Å². The molecule has 112 valence electrons. The number of amides is 1. The van der Waals surface area contributed by atoms with E-state index < -0.39 is 15.0 Å². The molecule has 2 unspecified atom stereocenters. The van der Waals surface area contributed by atoms with Gasteiger partial charge in [0.2, 0.25) is 0 Å². The highest BCUT2D eigenvalue weighted by atomic mass is 35.7. The minimum absolute atomic E-state index is 0.0561. The molecule has 7 heteroatoms. The molecule has 0 aliphatic heterocycles. The lowest BCUT2D eigenvalue weighted by atomic mass is 10.0. The number of carbonyl (C=O) groups excluding carboxylic acids is 1. The first kappa shape index (κ1) is 17.3. The number of rotatable bonds is 5. The zero-order valence-corrected chi connectivity index (χ0v) is 13.8. The van der Waals surface area contributed by atoms with E-state index in [2.05, 4.69) is 5.32 Å². The molecule has 1 aromatic carbocycles. The zero-order valence-electron chi connectivity index (χ0n) is 11.5. The maximum absolute atomic E-state index is 12.2. The highest BCUT2D eigenvalue weighted by Gasteiger charge is 2.24. The van der Waals surface area contributed by atoms with Crippen LogP contribution in [0.25, 0.3) is 0 Å². The van der Waals surface area contributed by atoms with Gasteiger partial charge in [-0.15, -0.1) is 0 Å². The minimum Gasteiger partial charge on any atom is -0.349 e. The second-order valence-electron chi connectivity index (χ2n) is 4.70.